The van der Waals surface area contributed by atoms with E-state index in [1.807, 2.05) is 82.3 Å². The normalized spacial score (nSPS) is 11.9. The Hall–Kier alpha value is -4.83. The van der Waals surface area contributed by atoms with Crippen LogP contribution in [-0.4, -0.2) is 58.0 Å². The van der Waals surface area contributed by atoms with Gasteiger partial charge in [0.05, 0.1) is 24.8 Å². The van der Waals surface area contributed by atoms with Crippen LogP contribution in [0.5, 0.6) is 11.5 Å². The molecule has 0 saturated carbocycles. The van der Waals surface area contributed by atoms with Gasteiger partial charge in [-0.15, -0.1) is 0 Å². The van der Waals surface area contributed by atoms with Crippen LogP contribution >= 0.6 is 0 Å². The molecule has 0 saturated heterocycles. The molecule has 0 aromatic heterocycles. The summed E-state index contributed by atoms with van der Waals surface area (Å²) in [5, 5.41) is 2.98. The summed E-state index contributed by atoms with van der Waals surface area (Å²) in [7, 11) is -1.41. The average Bonchev–Trinajstić information content (AvgIpc) is 3.05. The minimum atomic E-state index is -4.31. The lowest BCUT2D eigenvalue weighted by molar-refractivity contribution is -0.140. The molecule has 2 amide bonds. The van der Waals surface area contributed by atoms with Gasteiger partial charge >= 0.3 is 0 Å². The first-order chi connectivity index (χ1) is 22.4. The largest absolute Gasteiger partial charge is 0.497 e. The van der Waals surface area contributed by atoms with Crippen molar-refractivity contribution in [3.8, 4) is 11.5 Å². The molecule has 1 atom stereocenters. The molecule has 4 rings (SSSR count). The molecule has 9 nitrogen and oxygen atoms in total. The van der Waals surface area contributed by atoms with E-state index in [4.69, 9.17) is 9.47 Å². The maximum Gasteiger partial charge on any atom is 0.264 e. The summed E-state index contributed by atoms with van der Waals surface area (Å²) in [5.74, 6) is -0.281. The Morgan fingerprint density at radius 2 is 1.49 bits per heavy atom. The van der Waals surface area contributed by atoms with Crippen molar-refractivity contribution in [1.29, 1.82) is 0 Å². The number of hydrogen-bond acceptors (Lipinski definition) is 6. The van der Waals surface area contributed by atoms with Crippen molar-refractivity contribution in [3.63, 3.8) is 0 Å². The lowest BCUT2D eigenvalue weighted by atomic mass is 10.0. The number of nitrogens with zero attached hydrogens (tertiary/aromatic N) is 2. The van der Waals surface area contributed by atoms with Crippen LogP contribution < -0.4 is 19.1 Å². The summed E-state index contributed by atoms with van der Waals surface area (Å²) in [6.07, 6.45) is 0.226. The fraction of sp³-hybridized carbons (Fsp3) is 0.297. The topological polar surface area (TPSA) is 105 Å². The van der Waals surface area contributed by atoms with Crippen molar-refractivity contribution in [2.45, 2.75) is 57.6 Å². The Labute approximate surface area is 278 Å². The van der Waals surface area contributed by atoms with E-state index in [1.165, 1.54) is 37.3 Å². The smallest absolute Gasteiger partial charge is 0.264 e. The minimum Gasteiger partial charge on any atom is -0.497 e. The lowest BCUT2D eigenvalue weighted by Crippen LogP contribution is -2.54. The molecule has 4 aromatic rings. The fourth-order valence-electron chi connectivity index (χ4n) is 5.25. The summed E-state index contributed by atoms with van der Waals surface area (Å²) >= 11 is 0. The monoisotopic (exact) mass is 657 g/mol. The highest BCUT2D eigenvalue weighted by molar-refractivity contribution is 7.92. The van der Waals surface area contributed by atoms with Gasteiger partial charge in [-0.25, -0.2) is 8.42 Å². The van der Waals surface area contributed by atoms with Crippen molar-refractivity contribution in [3.05, 3.63) is 119 Å². The van der Waals surface area contributed by atoms with Gasteiger partial charge in [0.2, 0.25) is 11.8 Å². The molecule has 10 heteroatoms. The van der Waals surface area contributed by atoms with Crippen LogP contribution in [0.3, 0.4) is 0 Å². The van der Waals surface area contributed by atoms with Crippen molar-refractivity contribution in [1.82, 2.24) is 10.2 Å². The van der Waals surface area contributed by atoms with E-state index in [0.29, 0.717) is 5.75 Å². The Morgan fingerprint density at radius 1 is 0.830 bits per heavy atom. The van der Waals surface area contributed by atoms with Gasteiger partial charge in [-0.3, -0.25) is 13.9 Å². The highest BCUT2D eigenvalue weighted by atomic mass is 32.2. The molecule has 0 spiro atoms. The van der Waals surface area contributed by atoms with Gasteiger partial charge < -0.3 is 19.7 Å². The molecular formula is C37H43N3O6S. The first-order valence-corrected chi connectivity index (χ1v) is 16.9. The van der Waals surface area contributed by atoms with Crippen molar-refractivity contribution in [2.75, 3.05) is 25.1 Å². The Morgan fingerprint density at radius 3 is 2.11 bits per heavy atom. The number of amides is 2. The van der Waals surface area contributed by atoms with Crippen molar-refractivity contribution >= 4 is 27.5 Å². The third-order valence-electron chi connectivity index (χ3n) is 7.85. The lowest BCUT2D eigenvalue weighted by Gasteiger charge is -2.34. The summed E-state index contributed by atoms with van der Waals surface area (Å²) in [4.78, 5) is 30.1. The number of ether oxygens (including phenoxy) is 2. The number of nitrogens with one attached hydrogen (secondary N) is 1. The van der Waals surface area contributed by atoms with Gasteiger partial charge in [0.15, 0.2) is 0 Å². The Balaban J connectivity index is 1.88. The van der Waals surface area contributed by atoms with E-state index in [-0.39, 0.29) is 41.2 Å². The van der Waals surface area contributed by atoms with Crippen molar-refractivity contribution in [2.24, 2.45) is 0 Å². The highest BCUT2D eigenvalue weighted by Gasteiger charge is 2.36. The second kappa shape index (κ2) is 15.6. The number of hydrogen-bond donors (Lipinski definition) is 1. The number of rotatable bonds is 14. The van der Waals surface area contributed by atoms with Crippen LogP contribution in [0.1, 0.15) is 36.1 Å². The maximum absolute atomic E-state index is 14.7. The summed E-state index contributed by atoms with van der Waals surface area (Å²) in [5.41, 5.74) is 3.64. The number of aryl methyl sites for hydroxylation is 2. The first-order valence-electron chi connectivity index (χ1n) is 15.4. The molecule has 4 aromatic carbocycles. The van der Waals surface area contributed by atoms with Crippen LogP contribution in [0.4, 0.5) is 5.69 Å². The first kappa shape index (κ1) is 35.0. The van der Waals surface area contributed by atoms with E-state index >= 15 is 0 Å². The second-order valence-corrected chi connectivity index (χ2v) is 13.5. The standard InChI is InChI=1S/C37H43N3O6S/c1-26(2)38-37(42)34(22-29-13-8-7-9-14-29)39(24-30-15-11-10-12-28(30)4)36(41)25-40(33-23-31(45-5)18-21-35(33)46-6)47(43,44)32-19-16-27(3)17-20-32/h7-21,23,26,34H,22,24-25H2,1-6H3,(H,38,42)/t34-/m1/s1. The average molecular weight is 658 g/mol. The van der Waals surface area contributed by atoms with E-state index in [9.17, 15) is 18.0 Å². The van der Waals surface area contributed by atoms with Crippen LogP contribution in [0.15, 0.2) is 102 Å². The fourth-order valence-corrected chi connectivity index (χ4v) is 6.66. The zero-order valence-electron chi connectivity index (χ0n) is 27.8. The summed E-state index contributed by atoms with van der Waals surface area (Å²) in [6.45, 7) is 6.99. The molecule has 0 aliphatic heterocycles. The van der Waals surface area contributed by atoms with Gasteiger partial charge in [0.25, 0.3) is 10.0 Å². The number of benzene rings is 4. The van der Waals surface area contributed by atoms with Gasteiger partial charge in [-0.1, -0.05) is 72.3 Å². The van der Waals surface area contributed by atoms with Crippen LogP contribution in [0.25, 0.3) is 0 Å². The van der Waals surface area contributed by atoms with Crippen LogP contribution in [-0.2, 0) is 32.6 Å². The number of anilines is 1. The molecular weight excluding hydrogens is 614 g/mol. The molecule has 0 aliphatic carbocycles. The quantitative estimate of drug-likeness (QED) is 0.187. The SMILES string of the molecule is COc1ccc(OC)c(N(CC(=O)N(Cc2ccccc2C)[C@H](Cc2ccccc2)C(=O)NC(C)C)S(=O)(=O)c2ccc(C)cc2)c1. The molecule has 0 bridgehead atoms. The molecule has 1 N–H and O–H groups in total. The molecule has 0 heterocycles. The van der Waals surface area contributed by atoms with Crippen molar-refractivity contribution < 1.29 is 27.5 Å². The molecule has 0 radical (unpaired) electrons. The van der Waals surface area contributed by atoms with Crippen LogP contribution in [0.2, 0.25) is 0 Å². The predicted molar refractivity (Wildman–Crippen MR) is 184 cm³/mol. The van der Waals surface area contributed by atoms with E-state index in [2.05, 4.69) is 5.32 Å². The molecule has 248 valence electrons. The van der Waals surface area contributed by atoms with Gasteiger partial charge in [-0.2, -0.15) is 0 Å². The van der Waals surface area contributed by atoms with Gasteiger partial charge in [-0.05, 0) is 68.7 Å². The molecule has 0 unspecified atom stereocenters. The van der Waals surface area contributed by atoms with Gasteiger partial charge in [0, 0.05) is 25.1 Å². The van der Waals surface area contributed by atoms with E-state index in [1.54, 1.807) is 24.3 Å². The number of carbonyl (C=O) groups is 2. The van der Waals surface area contributed by atoms with E-state index < -0.39 is 28.5 Å². The zero-order chi connectivity index (χ0) is 34.1. The molecule has 0 fully saturated rings. The van der Waals surface area contributed by atoms with Crippen LogP contribution in [0, 0.1) is 13.8 Å². The Bertz CT molecular complexity index is 1780. The Kier molecular flexibility index (Phi) is 11.7. The third kappa shape index (κ3) is 8.71. The molecule has 47 heavy (non-hydrogen) atoms. The zero-order valence-corrected chi connectivity index (χ0v) is 28.6. The summed E-state index contributed by atoms with van der Waals surface area (Å²) in [6, 6.07) is 27.1. The number of methoxy groups -OCH3 is 2. The number of sulfonamides is 1. The van der Waals surface area contributed by atoms with E-state index in [0.717, 1.165) is 26.6 Å². The third-order valence-corrected chi connectivity index (χ3v) is 9.62. The van der Waals surface area contributed by atoms with Gasteiger partial charge in [0.1, 0.15) is 24.1 Å². The molecule has 0 aliphatic rings. The maximum atomic E-state index is 14.7. The number of carbonyl (C=O) groups excluding carboxylic acids is 2. The second-order valence-electron chi connectivity index (χ2n) is 11.7. The minimum absolute atomic E-state index is 0.00427. The predicted octanol–water partition coefficient (Wildman–Crippen LogP) is 5.68. The summed E-state index contributed by atoms with van der Waals surface area (Å²) < 4.78 is 40.9. The highest BCUT2D eigenvalue weighted by Crippen LogP contribution is 2.36.